The van der Waals surface area contributed by atoms with Crippen LogP contribution in [0.5, 0.6) is 0 Å². The predicted molar refractivity (Wildman–Crippen MR) is 118 cm³/mol. The Kier molecular flexibility index (Phi) is 7.10. The minimum Gasteiger partial charge on any atom is -0.459 e. The summed E-state index contributed by atoms with van der Waals surface area (Å²) in [5.74, 6) is -2.96. The summed E-state index contributed by atoms with van der Waals surface area (Å²) < 4.78 is 21.4. The van der Waals surface area contributed by atoms with E-state index in [1.54, 1.807) is 66.7 Å². The van der Waals surface area contributed by atoms with Gasteiger partial charge in [0.1, 0.15) is 12.7 Å². The Morgan fingerprint density at radius 3 is 1.59 bits per heavy atom. The van der Waals surface area contributed by atoms with Crippen molar-refractivity contribution in [3.05, 3.63) is 108 Å². The Morgan fingerprint density at radius 2 is 1.09 bits per heavy atom. The first-order chi connectivity index (χ1) is 16.5. The first kappa shape index (κ1) is 22.9. The molecule has 0 aliphatic carbocycles. The smallest absolute Gasteiger partial charge is 0.340 e. The molecule has 4 rings (SSSR count). The Balaban J connectivity index is 1.48. The van der Waals surface area contributed by atoms with Crippen LogP contribution >= 0.6 is 0 Å². The maximum atomic E-state index is 12.9. The van der Waals surface area contributed by atoms with Crippen molar-refractivity contribution in [1.29, 1.82) is 0 Å². The highest BCUT2D eigenvalue weighted by molar-refractivity contribution is 5.97. The normalized spacial score (nSPS) is 19.3. The summed E-state index contributed by atoms with van der Waals surface area (Å²) in [6, 6.07) is 24.4. The number of ether oxygens (including phenoxy) is 4. The predicted octanol–water partition coefficient (Wildman–Crippen LogP) is 3.22. The highest BCUT2D eigenvalue weighted by Crippen LogP contribution is 2.24. The molecule has 1 aliphatic heterocycles. The van der Waals surface area contributed by atoms with Gasteiger partial charge in [0.25, 0.3) is 6.29 Å². The number of carbonyl (C=O) groups is 4. The van der Waals surface area contributed by atoms with Gasteiger partial charge in [0.2, 0.25) is 5.78 Å². The monoisotopic (exact) mass is 460 g/mol. The van der Waals surface area contributed by atoms with Crippen molar-refractivity contribution in [1.82, 2.24) is 0 Å². The molecule has 1 saturated heterocycles. The first-order valence-corrected chi connectivity index (χ1v) is 10.5. The molecule has 0 unspecified atom stereocenters. The van der Waals surface area contributed by atoms with Gasteiger partial charge in [-0.05, 0) is 36.4 Å². The fourth-order valence-electron chi connectivity index (χ4n) is 3.27. The molecule has 0 aromatic heterocycles. The van der Waals surface area contributed by atoms with Crippen LogP contribution in [0.3, 0.4) is 0 Å². The third-order valence-electron chi connectivity index (χ3n) is 5.00. The molecule has 3 aromatic carbocycles. The van der Waals surface area contributed by atoms with Crippen LogP contribution in [-0.2, 0) is 23.7 Å². The van der Waals surface area contributed by atoms with Crippen molar-refractivity contribution >= 4 is 23.7 Å². The molecule has 34 heavy (non-hydrogen) atoms. The van der Waals surface area contributed by atoms with Crippen LogP contribution in [0.4, 0.5) is 0 Å². The largest absolute Gasteiger partial charge is 0.459 e. The van der Waals surface area contributed by atoms with Crippen LogP contribution in [0.1, 0.15) is 31.1 Å². The van der Waals surface area contributed by atoms with E-state index < -0.39 is 48.8 Å². The highest BCUT2D eigenvalue weighted by Gasteiger charge is 2.49. The number of esters is 3. The van der Waals surface area contributed by atoms with Gasteiger partial charge in [-0.2, -0.15) is 0 Å². The zero-order valence-corrected chi connectivity index (χ0v) is 17.9. The minimum atomic E-state index is -1.62. The number of ketones is 1. The summed E-state index contributed by atoms with van der Waals surface area (Å²) in [5.41, 5.74) is 0.743. The van der Waals surface area contributed by atoms with Gasteiger partial charge < -0.3 is 18.9 Å². The van der Waals surface area contributed by atoms with E-state index in [1.807, 2.05) is 0 Å². The second-order valence-corrected chi connectivity index (χ2v) is 7.34. The lowest BCUT2D eigenvalue weighted by molar-refractivity contribution is -0.147. The molecule has 3 aromatic rings. The van der Waals surface area contributed by atoms with Crippen molar-refractivity contribution in [3.63, 3.8) is 0 Å². The third kappa shape index (κ3) is 5.36. The van der Waals surface area contributed by atoms with E-state index in [0.29, 0.717) is 5.56 Å². The van der Waals surface area contributed by atoms with Gasteiger partial charge in [0.05, 0.1) is 16.7 Å². The summed E-state index contributed by atoms with van der Waals surface area (Å²) in [7, 11) is 0. The van der Waals surface area contributed by atoms with E-state index in [4.69, 9.17) is 18.9 Å². The van der Waals surface area contributed by atoms with Gasteiger partial charge >= 0.3 is 17.9 Å². The molecule has 1 fully saturated rings. The maximum absolute atomic E-state index is 12.9. The summed E-state index contributed by atoms with van der Waals surface area (Å²) in [5, 5.41) is 0. The Bertz CT molecular complexity index is 1160. The lowest BCUT2D eigenvalue weighted by Gasteiger charge is -2.17. The third-order valence-corrected chi connectivity index (χ3v) is 5.00. The molecule has 3 atom stereocenters. The Morgan fingerprint density at radius 1 is 0.647 bits per heavy atom. The quantitative estimate of drug-likeness (QED) is 0.391. The first-order valence-electron chi connectivity index (χ1n) is 10.5. The van der Waals surface area contributed by atoms with E-state index in [9.17, 15) is 19.2 Å². The Labute approximate surface area is 195 Å². The average molecular weight is 460 g/mol. The lowest BCUT2D eigenvalue weighted by atomic mass is 10.1. The molecule has 0 saturated carbocycles. The second-order valence-electron chi connectivity index (χ2n) is 7.34. The lowest BCUT2D eigenvalue weighted by Crippen LogP contribution is -2.36. The van der Waals surface area contributed by atoms with E-state index in [-0.39, 0.29) is 11.1 Å². The van der Waals surface area contributed by atoms with Crippen LogP contribution in [0.2, 0.25) is 0 Å². The molecule has 1 aliphatic rings. The van der Waals surface area contributed by atoms with Crippen molar-refractivity contribution in [2.75, 3.05) is 6.61 Å². The molecule has 1 heterocycles. The number of hydrogen-bond acceptors (Lipinski definition) is 8. The zero-order valence-electron chi connectivity index (χ0n) is 17.9. The summed E-state index contributed by atoms with van der Waals surface area (Å²) >= 11 is 0. The molecule has 0 spiro atoms. The van der Waals surface area contributed by atoms with Crippen LogP contribution in [0.25, 0.3) is 0 Å². The summed E-state index contributed by atoms with van der Waals surface area (Å²) in [6.45, 7) is -0.397. The van der Waals surface area contributed by atoms with E-state index in [0.717, 1.165) is 0 Å². The second kappa shape index (κ2) is 10.5. The number of rotatable bonds is 7. The summed E-state index contributed by atoms with van der Waals surface area (Å²) in [4.78, 5) is 50.2. The minimum absolute atomic E-state index is 0.218. The van der Waals surface area contributed by atoms with Gasteiger partial charge in [0, 0.05) is 0 Å². The number of Topliss-reactive ketones (excluding diaryl/α,β-unsaturated/α-hetero) is 1. The highest BCUT2D eigenvalue weighted by atomic mass is 16.7. The summed E-state index contributed by atoms with van der Waals surface area (Å²) in [6.07, 6.45) is -4.23. The van der Waals surface area contributed by atoms with Crippen molar-refractivity contribution in [2.24, 2.45) is 0 Å². The van der Waals surface area contributed by atoms with Crippen molar-refractivity contribution in [3.8, 4) is 0 Å². The van der Waals surface area contributed by atoms with Gasteiger partial charge in [-0.1, -0.05) is 54.6 Å². The van der Waals surface area contributed by atoms with E-state index in [2.05, 4.69) is 0 Å². The fourth-order valence-corrected chi connectivity index (χ4v) is 3.27. The van der Waals surface area contributed by atoms with E-state index in [1.165, 1.54) is 24.3 Å². The van der Waals surface area contributed by atoms with Gasteiger partial charge in [-0.15, -0.1) is 0 Å². The van der Waals surface area contributed by atoms with Gasteiger partial charge in [-0.25, -0.2) is 14.4 Å². The molecular weight excluding hydrogens is 440 g/mol. The molecule has 8 heteroatoms. The van der Waals surface area contributed by atoms with Crippen molar-refractivity contribution < 1.29 is 38.1 Å². The number of hydrogen-bond donors (Lipinski definition) is 0. The molecule has 0 radical (unpaired) electrons. The Hall–Kier alpha value is -4.30. The zero-order chi connectivity index (χ0) is 23.9. The fraction of sp³-hybridized carbons (Fsp3) is 0.154. The molecular formula is C26H20O8. The molecule has 0 amide bonds. The molecule has 0 bridgehead atoms. The standard InChI is InChI=1S/C26H20O8/c27-21-22(33-24(29)18-12-6-2-7-13-18)20(16-31-23(28)17-10-4-1-5-11-17)32-26(21)34-25(30)19-14-8-3-9-15-19/h1-15,20,22,26H,16H2/t20-,22-,26+/m1/s1. The average Bonchev–Trinajstić information content (AvgIpc) is 3.17. The number of carbonyl (C=O) groups excluding carboxylic acids is 4. The van der Waals surface area contributed by atoms with E-state index >= 15 is 0 Å². The van der Waals surface area contributed by atoms with Crippen molar-refractivity contribution in [2.45, 2.75) is 18.5 Å². The van der Waals surface area contributed by atoms with Gasteiger partial charge in [-0.3, -0.25) is 4.79 Å². The molecule has 172 valence electrons. The maximum Gasteiger partial charge on any atom is 0.340 e. The van der Waals surface area contributed by atoms with Crippen LogP contribution in [0.15, 0.2) is 91.0 Å². The number of benzene rings is 3. The molecule has 0 N–H and O–H groups in total. The van der Waals surface area contributed by atoms with Crippen LogP contribution in [-0.4, -0.2) is 48.8 Å². The van der Waals surface area contributed by atoms with Gasteiger partial charge in [0.15, 0.2) is 6.10 Å². The topological polar surface area (TPSA) is 105 Å². The van der Waals surface area contributed by atoms with Crippen LogP contribution < -0.4 is 0 Å². The SMILES string of the molecule is O=C(OC[C@H]1O[C@@H](OC(=O)c2ccccc2)C(=O)[C@@H]1OC(=O)c1ccccc1)c1ccccc1. The van der Waals surface area contributed by atoms with Crippen LogP contribution in [0, 0.1) is 0 Å². The molecule has 8 nitrogen and oxygen atoms in total.